The zero-order valence-corrected chi connectivity index (χ0v) is 12.2. The predicted octanol–water partition coefficient (Wildman–Crippen LogP) is 1.93. The molecule has 0 bridgehead atoms. The van der Waals surface area contributed by atoms with Gasteiger partial charge in [-0.05, 0) is 18.3 Å². The van der Waals surface area contributed by atoms with Gasteiger partial charge in [0, 0.05) is 13.6 Å². The van der Waals surface area contributed by atoms with Crippen molar-refractivity contribution >= 4 is 21.6 Å². The molecule has 102 valence electrons. The number of hydrogen-bond acceptors (Lipinski definition) is 3. The van der Waals surface area contributed by atoms with Crippen molar-refractivity contribution in [1.82, 2.24) is 14.3 Å². The van der Waals surface area contributed by atoms with Crippen molar-refractivity contribution in [2.45, 2.75) is 37.6 Å². The highest BCUT2D eigenvalue weighted by Crippen LogP contribution is 2.37. The molecule has 0 aliphatic heterocycles. The molecule has 7 heteroatoms. The number of nitrogens with zero attached hydrogens (tertiary/aromatic N) is 2. The van der Waals surface area contributed by atoms with Crippen molar-refractivity contribution in [3.8, 4) is 0 Å². The standard InChI is InChI=1S/C11H18ClN3O2S/c1-11(5-3-4-6-11)7-14-18(16,17)10-9(12)15(2)8-13-10/h8,14H,3-7H2,1-2H3. The minimum atomic E-state index is -3.61. The van der Waals surface area contributed by atoms with Gasteiger partial charge in [-0.3, -0.25) is 0 Å². The molecule has 0 spiro atoms. The first-order valence-electron chi connectivity index (χ1n) is 6.01. The van der Waals surface area contributed by atoms with Gasteiger partial charge < -0.3 is 4.57 Å². The molecule has 2 rings (SSSR count). The van der Waals surface area contributed by atoms with Gasteiger partial charge in [-0.15, -0.1) is 0 Å². The minimum Gasteiger partial charge on any atom is -0.324 e. The number of rotatable bonds is 4. The van der Waals surface area contributed by atoms with Gasteiger partial charge in [0.25, 0.3) is 10.0 Å². The van der Waals surface area contributed by atoms with Gasteiger partial charge in [0.05, 0.1) is 6.33 Å². The zero-order valence-electron chi connectivity index (χ0n) is 10.6. The molecule has 1 heterocycles. The Bertz CT molecular complexity index is 532. The van der Waals surface area contributed by atoms with E-state index in [1.54, 1.807) is 7.05 Å². The van der Waals surface area contributed by atoms with E-state index in [-0.39, 0.29) is 15.6 Å². The van der Waals surface area contributed by atoms with Gasteiger partial charge in [-0.1, -0.05) is 31.4 Å². The molecule has 1 N–H and O–H groups in total. The van der Waals surface area contributed by atoms with Gasteiger partial charge >= 0.3 is 0 Å². The van der Waals surface area contributed by atoms with Crippen molar-refractivity contribution in [2.24, 2.45) is 12.5 Å². The molecule has 0 amide bonds. The molecule has 0 aromatic carbocycles. The first-order chi connectivity index (χ1) is 8.34. The first kappa shape index (κ1) is 13.8. The molecular formula is C11H18ClN3O2S. The highest BCUT2D eigenvalue weighted by atomic mass is 35.5. The lowest BCUT2D eigenvalue weighted by atomic mass is 9.89. The molecular weight excluding hydrogens is 274 g/mol. The number of nitrogens with one attached hydrogen (secondary N) is 1. The van der Waals surface area contributed by atoms with Crippen molar-refractivity contribution in [3.63, 3.8) is 0 Å². The number of imidazole rings is 1. The summed E-state index contributed by atoms with van der Waals surface area (Å²) < 4.78 is 28.3. The molecule has 1 aromatic rings. The summed E-state index contributed by atoms with van der Waals surface area (Å²) in [7, 11) is -1.95. The number of aryl methyl sites for hydroxylation is 1. The second-order valence-electron chi connectivity index (χ2n) is 5.29. The van der Waals surface area contributed by atoms with Gasteiger partial charge in [0.1, 0.15) is 5.15 Å². The van der Waals surface area contributed by atoms with E-state index >= 15 is 0 Å². The van der Waals surface area contributed by atoms with Crippen LogP contribution in [0.4, 0.5) is 0 Å². The van der Waals surface area contributed by atoms with Crippen LogP contribution >= 0.6 is 11.6 Å². The molecule has 0 saturated heterocycles. The zero-order chi connectivity index (χ0) is 13.4. The molecule has 1 saturated carbocycles. The summed E-state index contributed by atoms with van der Waals surface area (Å²) in [4.78, 5) is 3.84. The molecule has 0 atom stereocenters. The molecule has 5 nitrogen and oxygen atoms in total. The van der Waals surface area contributed by atoms with E-state index in [9.17, 15) is 8.42 Å². The van der Waals surface area contributed by atoms with E-state index in [1.807, 2.05) is 0 Å². The Kier molecular flexibility index (Phi) is 3.71. The van der Waals surface area contributed by atoms with Crippen LogP contribution in [-0.4, -0.2) is 24.5 Å². The third-order valence-corrected chi connectivity index (χ3v) is 5.48. The Hall–Kier alpha value is -0.590. The molecule has 1 aromatic heterocycles. The van der Waals surface area contributed by atoms with Crippen molar-refractivity contribution in [3.05, 3.63) is 11.5 Å². The molecule has 0 radical (unpaired) electrons. The normalized spacial score (nSPS) is 19.3. The summed E-state index contributed by atoms with van der Waals surface area (Å²) in [5.74, 6) is 0. The highest BCUT2D eigenvalue weighted by Gasteiger charge is 2.31. The second kappa shape index (κ2) is 4.83. The molecule has 1 aliphatic rings. The lowest BCUT2D eigenvalue weighted by Gasteiger charge is -2.23. The number of hydrogen-bond donors (Lipinski definition) is 1. The first-order valence-corrected chi connectivity index (χ1v) is 7.87. The van der Waals surface area contributed by atoms with E-state index in [0.29, 0.717) is 6.54 Å². The molecule has 0 unspecified atom stereocenters. The van der Waals surface area contributed by atoms with E-state index in [0.717, 1.165) is 12.8 Å². The van der Waals surface area contributed by atoms with Crippen molar-refractivity contribution < 1.29 is 8.42 Å². The fraction of sp³-hybridized carbons (Fsp3) is 0.727. The average molecular weight is 292 g/mol. The third kappa shape index (κ3) is 2.70. The Balaban J connectivity index is 2.10. The van der Waals surface area contributed by atoms with E-state index < -0.39 is 10.0 Å². The highest BCUT2D eigenvalue weighted by molar-refractivity contribution is 7.89. The van der Waals surface area contributed by atoms with Crippen LogP contribution in [0.5, 0.6) is 0 Å². The van der Waals surface area contributed by atoms with Crippen LogP contribution in [0.2, 0.25) is 5.15 Å². The van der Waals surface area contributed by atoms with Crippen molar-refractivity contribution in [1.29, 1.82) is 0 Å². The quantitative estimate of drug-likeness (QED) is 0.922. The van der Waals surface area contributed by atoms with Gasteiger partial charge in [0.15, 0.2) is 0 Å². The van der Waals surface area contributed by atoms with Gasteiger partial charge in [-0.2, -0.15) is 0 Å². The molecule has 1 fully saturated rings. The van der Waals surface area contributed by atoms with Crippen LogP contribution in [-0.2, 0) is 17.1 Å². The predicted molar refractivity (Wildman–Crippen MR) is 70.0 cm³/mol. The Morgan fingerprint density at radius 1 is 1.50 bits per heavy atom. The number of halogens is 1. The summed E-state index contributed by atoms with van der Waals surface area (Å²) in [5.41, 5.74) is 0.0638. The number of sulfonamides is 1. The lowest BCUT2D eigenvalue weighted by molar-refractivity contribution is 0.336. The maximum atomic E-state index is 12.1. The fourth-order valence-corrected chi connectivity index (χ4v) is 3.94. The smallest absolute Gasteiger partial charge is 0.261 e. The summed E-state index contributed by atoms with van der Waals surface area (Å²) in [6, 6.07) is 0. The van der Waals surface area contributed by atoms with Crippen LogP contribution in [0, 0.1) is 5.41 Å². The lowest BCUT2D eigenvalue weighted by Crippen LogP contribution is -2.34. The maximum absolute atomic E-state index is 12.1. The molecule has 1 aliphatic carbocycles. The second-order valence-corrected chi connectivity index (χ2v) is 7.33. The summed E-state index contributed by atoms with van der Waals surface area (Å²) in [5, 5.41) is 0.0485. The van der Waals surface area contributed by atoms with Crippen molar-refractivity contribution in [2.75, 3.05) is 6.54 Å². The summed E-state index contributed by atoms with van der Waals surface area (Å²) in [6.45, 7) is 2.56. The largest absolute Gasteiger partial charge is 0.324 e. The minimum absolute atomic E-state index is 0.0638. The maximum Gasteiger partial charge on any atom is 0.261 e. The summed E-state index contributed by atoms with van der Waals surface area (Å²) >= 11 is 5.90. The third-order valence-electron chi connectivity index (χ3n) is 3.59. The van der Waals surface area contributed by atoms with Gasteiger partial charge in [-0.25, -0.2) is 18.1 Å². The Labute approximate surface area is 113 Å². The van der Waals surface area contributed by atoms with Crippen LogP contribution in [0.3, 0.4) is 0 Å². The SMILES string of the molecule is Cn1cnc(S(=O)(=O)NCC2(C)CCCC2)c1Cl. The van der Waals surface area contributed by atoms with Crippen LogP contribution < -0.4 is 4.72 Å². The number of aromatic nitrogens is 2. The molecule has 18 heavy (non-hydrogen) atoms. The van der Waals surface area contributed by atoms with E-state index in [2.05, 4.69) is 16.6 Å². The Morgan fingerprint density at radius 2 is 2.11 bits per heavy atom. The van der Waals surface area contributed by atoms with Crippen LogP contribution in [0.25, 0.3) is 0 Å². The van der Waals surface area contributed by atoms with E-state index in [4.69, 9.17) is 11.6 Å². The summed E-state index contributed by atoms with van der Waals surface area (Å²) in [6.07, 6.45) is 5.86. The topological polar surface area (TPSA) is 64.0 Å². The van der Waals surface area contributed by atoms with Gasteiger partial charge in [0.2, 0.25) is 5.03 Å². The Morgan fingerprint density at radius 3 is 2.61 bits per heavy atom. The van der Waals surface area contributed by atoms with E-state index in [1.165, 1.54) is 23.7 Å². The fourth-order valence-electron chi connectivity index (χ4n) is 2.32. The van der Waals surface area contributed by atoms with Crippen LogP contribution in [0.1, 0.15) is 32.6 Å². The average Bonchev–Trinajstić information content (AvgIpc) is 2.86. The monoisotopic (exact) mass is 291 g/mol. The van der Waals surface area contributed by atoms with Crippen LogP contribution in [0.15, 0.2) is 11.4 Å².